The number of sulfone groups is 1. The van der Waals surface area contributed by atoms with Gasteiger partial charge in [-0.2, -0.15) is 0 Å². The molecule has 0 aromatic heterocycles. The van der Waals surface area contributed by atoms with Gasteiger partial charge in [-0.25, -0.2) is 8.42 Å². The summed E-state index contributed by atoms with van der Waals surface area (Å²) >= 11 is 0. The smallest absolute Gasteiger partial charge is 0.175 e. The van der Waals surface area contributed by atoms with E-state index in [9.17, 15) is 13.5 Å². The summed E-state index contributed by atoms with van der Waals surface area (Å²) < 4.78 is 29.8. The van der Waals surface area contributed by atoms with Crippen molar-refractivity contribution in [2.45, 2.75) is 18.8 Å². The van der Waals surface area contributed by atoms with Crippen LogP contribution in [0.4, 0.5) is 0 Å². The van der Waals surface area contributed by atoms with Crippen molar-refractivity contribution in [2.24, 2.45) is 0 Å². The van der Waals surface area contributed by atoms with Gasteiger partial charge in [-0.1, -0.05) is 12.1 Å². The molecule has 0 aliphatic carbocycles. The van der Waals surface area contributed by atoms with Gasteiger partial charge in [0.05, 0.1) is 11.2 Å². The van der Waals surface area contributed by atoms with Crippen molar-refractivity contribution < 1.29 is 18.3 Å². The molecule has 2 aliphatic heterocycles. The maximum absolute atomic E-state index is 12.0. The predicted octanol–water partition coefficient (Wildman–Crippen LogP) is 3.63. The molecule has 4 rings (SSSR count). The molecule has 1 unspecified atom stereocenters. The molecule has 2 aromatic carbocycles. The number of phenols is 1. The van der Waals surface area contributed by atoms with Gasteiger partial charge < -0.3 is 14.7 Å². The normalized spacial score (nSPS) is 21.6. The highest BCUT2D eigenvalue weighted by Crippen LogP contribution is 2.38. The van der Waals surface area contributed by atoms with Gasteiger partial charge >= 0.3 is 0 Å². The van der Waals surface area contributed by atoms with Crippen molar-refractivity contribution in [3.63, 3.8) is 0 Å². The molecule has 26 heavy (non-hydrogen) atoms. The Morgan fingerprint density at radius 1 is 0.962 bits per heavy atom. The zero-order chi connectivity index (χ0) is 18.1. The van der Waals surface area contributed by atoms with E-state index in [0.29, 0.717) is 18.0 Å². The standard InChI is InChI=1S/C20H21NO4S/c22-16-5-9-18(10-6-16)25-17-7-3-15(4-8-17)19-2-1-11-21-12-13-26(23,24)14-20(19)21/h3-10,14,19,22H,1-2,11-13H2. The fourth-order valence-electron chi connectivity index (χ4n) is 3.62. The van der Waals surface area contributed by atoms with E-state index in [1.54, 1.807) is 24.3 Å². The molecule has 1 saturated heterocycles. The molecular weight excluding hydrogens is 350 g/mol. The minimum absolute atomic E-state index is 0.113. The third-order valence-corrected chi connectivity index (χ3v) is 6.30. The lowest BCUT2D eigenvalue weighted by atomic mass is 9.88. The average molecular weight is 371 g/mol. The molecule has 0 saturated carbocycles. The Labute approximate surface area is 153 Å². The topological polar surface area (TPSA) is 66.8 Å². The second kappa shape index (κ2) is 6.68. The molecule has 0 amide bonds. The van der Waals surface area contributed by atoms with Crippen LogP contribution >= 0.6 is 0 Å². The Hall–Kier alpha value is -2.47. The highest BCUT2D eigenvalue weighted by molar-refractivity contribution is 7.94. The number of nitrogens with zero attached hydrogens (tertiary/aromatic N) is 1. The molecule has 2 aromatic rings. The van der Waals surface area contributed by atoms with Crippen LogP contribution in [0.1, 0.15) is 24.3 Å². The summed E-state index contributed by atoms with van der Waals surface area (Å²) in [5.41, 5.74) is 2.03. The SMILES string of the molecule is O=S1(=O)C=C2C(c3ccc(Oc4ccc(O)cc4)cc3)CCCN2CC1. The Morgan fingerprint density at radius 3 is 2.31 bits per heavy atom. The van der Waals surface area contributed by atoms with Crippen molar-refractivity contribution in [3.05, 3.63) is 65.2 Å². The van der Waals surface area contributed by atoms with Gasteiger partial charge in [0.1, 0.15) is 17.2 Å². The van der Waals surface area contributed by atoms with Crippen LogP contribution in [0.5, 0.6) is 17.2 Å². The van der Waals surface area contributed by atoms with Crippen molar-refractivity contribution in [3.8, 4) is 17.2 Å². The van der Waals surface area contributed by atoms with Crippen LogP contribution < -0.4 is 4.74 Å². The predicted molar refractivity (Wildman–Crippen MR) is 100 cm³/mol. The van der Waals surface area contributed by atoms with Crippen LogP contribution in [0.15, 0.2) is 59.6 Å². The second-order valence-corrected chi connectivity index (χ2v) is 8.73. The van der Waals surface area contributed by atoms with Gasteiger partial charge in [-0.05, 0) is 54.8 Å². The fraction of sp³-hybridized carbons (Fsp3) is 0.300. The third-order valence-electron chi connectivity index (χ3n) is 4.94. The molecule has 1 fully saturated rings. The van der Waals surface area contributed by atoms with E-state index >= 15 is 0 Å². The van der Waals surface area contributed by atoms with E-state index in [-0.39, 0.29) is 17.4 Å². The molecule has 1 N–H and O–H groups in total. The van der Waals surface area contributed by atoms with Crippen molar-refractivity contribution in [1.29, 1.82) is 0 Å². The fourth-order valence-corrected chi connectivity index (χ4v) is 4.89. The first kappa shape index (κ1) is 17.0. The van der Waals surface area contributed by atoms with Crippen molar-refractivity contribution in [1.82, 2.24) is 4.90 Å². The largest absolute Gasteiger partial charge is 0.508 e. The summed E-state index contributed by atoms with van der Waals surface area (Å²) in [5.74, 6) is 1.88. The van der Waals surface area contributed by atoms with Gasteiger partial charge in [0.2, 0.25) is 0 Å². The van der Waals surface area contributed by atoms with E-state index in [2.05, 4.69) is 4.90 Å². The Kier molecular flexibility index (Phi) is 4.36. The molecule has 5 nitrogen and oxygen atoms in total. The van der Waals surface area contributed by atoms with Crippen molar-refractivity contribution in [2.75, 3.05) is 18.8 Å². The third kappa shape index (κ3) is 3.55. The summed E-state index contributed by atoms with van der Waals surface area (Å²) in [7, 11) is -3.10. The van der Waals surface area contributed by atoms with Gasteiger partial charge in [0, 0.05) is 24.7 Å². The van der Waals surface area contributed by atoms with E-state index < -0.39 is 9.84 Å². The lowest BCUT2D eigenvalue weighted by Crippen LogP contribution is -2.39. The van der Waals surface area contributed by atoms with Crippen molar-refractivity contribution >= 4 is 9.84 Å². The molecule has 1 atom stereocenters. The molecule has 6 heteroatoms. The number of ether oxygens (including phenoxy) is 1. The Balaban J connectivity index is 1.56. The van der Waals surface area contributed by atoms with E-state index in [0.717, 1.165) is 30.6 Å². The van der Waals surface area contributed by atoms with E-state index in [1.165, 1.54) is 5.41 Å². The zero-order valence-corrected chi connectivity index (χ0v) is 15.2. The summed E-state index contributed by atoms with van der Waals surface area (Å²) in [6, 6.07) is 14.4. The number of rotatable bonds is 3. The zero-order valence-electron chi connectivity index (χ0n) is 14.3. The Morgan fingerprint density at radius 2 is 1.62 bits per heavy atom. The van der Waals surface area contributed by atoms with Crippen LogP contribution in [0.2, 0.25) is 0 Å². The minimum Gasteiger partial charge on any atom is -0.508 e. The van der Waals surface area contributed by atoms with Gasteiger partial charge in [0.25, 0.3) is 0 Å². The highest BCUT2D eigenvalue weighted by Gasteiger charge is 2.31. The lowest BCUT2D eigenvalue weighted by molar-refractivity contribution is 0.281. The van der Waals surface area contributed by atoms with Gasteiger partial charge in [-0.3, -0.25) is 0 Å². The number of hydrogen-bond acceptors (Lipinski definition) is 5. The molecule has 136 valence electrons. The monoisotopic (exact) mass is 371 g/mol. The van der Waals surface area contributed by atoms with E-state index in [1.807, 2.05) is 24.3 Å². The number of benzene rings is 2. The first-order valence-electron chi connectivity index (χ1n) is 8.76. The number of phenolic OH excluding ortho intramolecular Hbond substituents is 1. The number of fused-ring (bicyclic) bond motifs is 1. The number of allylic oxidation sites excluding steroid dienone is 1. The number of hydrogen-bond donors (Lipinski definition) is 1. The lowest BCUT2D eigenvalue weighted by Gasteiger charge is -2.39. The van der Waals surface area contributed by atoms with Gasteiger partial charge in [0.15, 0.2) is 9.84 Å². The average Bonchev–Trinajstić information content (AvgIpc) is 2.63. The maximum Gasteiger partial charge on any atom is 0.175 e. The van der Waals surface area contributed by atoms with Crippen LogP contribution in [-0.4, -0.2) is 37.3 Å². The van der Waals surface area contributed by atoms with Crippen LogP contribution in [0.3, 0.4) is 0 Å². The second-order valence-electron chi connectivity index (χ2n) is 6.76. The van der Waals surface area contributed by atoms with Gasteiger partial charge in [-0.15, -0.1) is 0 Å². The first-order chi connectivity index (χ1) is 12.5. The van der Waals surface area contributed by atoms with Crippen LogP contribution in [0.25, 0.3) is 0 Å². The first-order valence-corrected chi connectivity index (χ1v) is 10.5. The molecule has 2 aliphatic rings. The summed E-state index contributed by atoms with van der Waals surface area (Å²) in [6.07, 6.45) is 2.02. The molecule has 0 spiro atoms. The maximum atomic E-state index is 12.0. The molecular formula is C20H21NO4S. The summed E-state index contributed by atoms with van der Waals surface area (Å²) in [5, 5.41) is 10.8. The summed E-state index contributed by atoms with van der Waals surface area (Å²) in [6.45, 7) is 1.52. The van der Waals surface area contributed by atoms with E-state index in [4.69, 9.17) is 4.74 Å². The Bertz CT molecular complexity index is 917. The molecule has 2 heterocycles. The summed E-state index contributed by atoms with van der Waals surface area (Å²) in [4.78, 5) is 2.20. The number of piperidine rings is 1. The quantitative estimate of drug-likeness (QED) is 0.892. The molecule has 0 bridgehead atoms. The minimum atomic E-state index is -3.10. The number of aromatic hydroxyl groups is 1. The molecule has 0 radical (unpaired) electrons. The van der Waals surface area contributed by atoms with Crippen LogP contribution in [-0.2, 0) is 9.84 Å². The van der Waals surface area contributed by atoms with Crippen LogP contribution in [0, 0.1) is 0 Å². The highest BCUT2D eigenvalue weighted by atomic mass is 32.2.